The fourth-order valence-electron chi connectivity index (χ4n) is 1.58. The van der Waals surface area contributed by atoms with Gasteiger partial charge in [0.1, 0.15) is 0 Å². The standard InChI is InChI=1S/C13H14BrN3/c1-3-7-17-8-6-15-13(17)16-12-9-10(2)4-5-11(12)14/h3-6,8-9H,1,7H2,2H3,(H,15,16). The molecule has 0 spiro atoms. The molecule has 0 radical (unpaired) electrons. The van der Waals surface area contributed by atoms with Gasteiger partial charge in [0.25, 0.3) is 0 Å². The molecular formula is C13H14BrN3. The molecule has 1 aromatic heterocycles. The van der Waals surface area contributed by atoms with Gasteiger partial charge in [0.2, 0.25) is 5.95 Å². The maximum atomic E-state index is 4.28. The van der Waals surface area contributed by atoms with Crippen molar-refractivity contribution in [3.8, 4) is 0 Å². The zero-order chi connectivity index (χ0) is 12.3. The van der Waals surface area contributed by atoms with Gasteiger partial charge in [0.15, 0.2) is 0 Å². The first-order valence-corrected chi connectivity index (χ1v) is 6.15. The van der Waals surface area contributed by atoms with Gasteiger partial charge in [-0.25, -0.2) is 4.98 Å². The molecular weight excluding hydrogens is 278 g/mol. The Bertz CT molecular complexity index is 531. The summed E-state index contributed by atoms with van der Waals surface area (Å²) in [6.45, 7) is 6.53. The van der Waals surface area contributed by atoms with Gasteiger partial charge in [0, 0.05) is 23.4 Å². The van der Waals surface area contributed by atoms with Crippen LogP contribution in [0.5, 0.6) is 0 Å². The maximum Gasteiger partial charge on any atom is 0.207 e. The Labute approximate surface area is 109 Å². The van der Waals surface area contributed by atoms with Crippen molar-refractivity contribution in [2.24, 2.45) is 0 Å². The number of hydrogen-bond donors (Lipinski definition) is 1. The van der Waals surface area contributed by atoms with Crippen LogP contribution in [0.15, 0.2) is 47.7 Å². The van der Waals surface area contributed by atoms with Crippen molar-refractivity contribution in [3.05, 3.63) is 53.3 Å². The number of halogens is 1. The van der Waals surface area contributed by atoms with Crippen molar-refractivity contribution in [1.82, 2.24) is 9.55 Å². The second-order valence-corrected chi connectivity index (χ2v) is 4.65. The number of rotatable bonds is 4. The molecule has 3 nitrogen and oxygen atoms in total. The summed E-state index contributed by atoms with van der Waals surface area (Å²) in [5.41, 5.74) is 2.22. The summed E-state index contributed by atoms with van der Waals surface area (Å²) in [4.78, 5) is 4.28. The summed E-state index contributed by atoms with van der Waals surface area (Å²) in [6, 6.07) is 6.17. The zero-order valence-electron chi connectivity index (χ0n) is 9.65. The van der Waals surface area contributed by atoms with E-state index in [0.29, 0.717) is 0 Å². The van der Waals surface area contributed by atoms with Gasteiger partial charge in [0.05, 0.1) is 5.69 Å². The van der Waals surface area contributed by atoms with Crippen molar-refractivity contribution in [1.29, 1.82) is 0 Å². The summed E-state index contributed by atoms with van der Waals surface area (Å²) in [5.74, 6) is 0.816. The van der Waals surface area contributed by atoms with Crippen molar-refractivity contribution >= 4 is 27.6 Å². The molecule has 0 saturated heterocycles. The molecule has 0 saturated carbocycles. The third-order valence-electron chi connectivity index (χ3n) is 2.41. The van der Waals surface area contributed by atoms with Gasteiger partial charge in [-0.3, -0.25) is 0 Å². The first kappa shape index (κ1) is 11.9. The molecule has 17 heavy (non-hydrogen) atoms. The van der Waals surface area contributed by atoms with Crippen LogP contribution in [0.25, 0.3) is 0 Å². The lowest BCUT2D eigenvalue weighted by molar-refractivity contribution is 0.833. The molecule has 0 aliphatic rings. The average Bonchev–Trinajstić information content (AvgIpc) is 2.72. The van der Waals surface area contributed by atoms with E-state index in [2.05, 4.69) is 51.9 Å². The number of benzene rings is 1. The minimum Gasteiger partial charge on any atom is -0.325 e. The van der Waals surface area contributed by atoms with Crippen molar-refractivity contribution in [2.45, 2.75) is 13.5 Å². The molecule has 0 unspecified atom stereocenters. The highest BCUT2D eigenvalue weighted by Crippen LogP contribution is 2.26. The summed E-state index contributed by atoms with van der Waals surface area (Å²) in [7, 11) is 0. The summed E-state index contributed by atoms with van der Waals surface area (Å²) in [5, 5.41) is 3.30. The third-order valence-corrected chi connectivity index (χ3v) is 3.10. The number of aryl methyl sites for hydroxylation is 1. The van der Waals surface area contributed by atoms with E-state index >= 15 is 0 Å². The monoisotopic (exact) mass is 291 g/mol. The van der Waals surface area contributed by atoms with Gasteiger partial charge in [-0.15, -0.1) is 6.58 Å². The molecule has 2 rings (SSSR count). The van der Waals surface area contributed by atoms with Crippen LogP contribution in [-0.2, 0) is 6.54 Å². The largest absolute Gasteiger partial charge is 0.325 e. The molecule has 2 aromatic rings. The normalized spacial score (nSPS) is 10.2. The van der Waals surface area contributed by atoms with Gasteiger partial charge < -0.3 is 9.88 Å². The predicted molar refractivity (Wildman–Crippen MR) is 74.6 cm³/mol. The van der Waals surface area contributed by atoms with Crippen LogP contribution in [0.3, 0.4) is 0 Å². The van der Waals surface area contributed by atoms with Crippen LogP contribution in [-0.4, -0.2) is 9.55 Å². The minimum absolute atomic E-state index is 0.742. The first-order valence-electron chi connectivity index (χ1n) is 5.36. The molecule has 1 heterocycles. The van der Waals surface area contributed by atoms with E-state index in [1.807, 2.05) is 22.9 Å². The van der Waals surface area contributed by atoms with Crippen LogP contribution >= 0.6 is 15.9 Å². The fraction of sp³-hybridized carbons (Fsp3) is 0.154. The van der Waals surface area contributed by atoms with Crippen molar-refractivity contribution < 1.29 is 0 Å². The Morgan fingerprint density at radius 3 is 3.12 bits per heavy atom. The number of anilines is 2. The van der Waals surface area contributed by atoms with E-state index in [0.717, 1.165) is 22.7 Å². The summed E-state index contributed by atoms with van der Waals surface area (Å²) in [6.07, 6.45) is 5.54. The molecule has 0 aliphatic heterocycles. The second-order valence-electron chi connectivity index (χ2n) is 3.80. The van der Waals surface area contributed by atoms with Crippen LogP contribution in [0.2, 0.25) is 0 Å². The topological polar surface area (TPSA) is 29.9 Å². The smallest absolute Gasteiger partial charge is 0.207 e. The predicted octanol–water partition coefficient (Wildman–Crippen LogP) is 3.88. The highest BCUT2D eigenvalue weighted by Gasteiger charge is 2.04. The number of imidazole rings is 1. The Hall–Kier alpha value is -1.55. The number of nitrogens with one attached hydrogen (secondary N) is 1. The van der Waals surface area contributed by atoms with Gasteiger partial charge in [-0.05, 0) is 40.5 Å². The first-order chi connectivity index (χ1) is 8.20. The molecule has 1 aromatic carbocycles. The molecule has 4 heteroatoms. The quantitative estimate of drug-likeness (QED) is 0.867. The molecule has 0 atom stereocenters. The molecule has 0 fully saturated rings. The summed E-state index contributed by atoms with van der Waals surface area (Å²) >= 11 is 3.52. The van der Waals surface area contributed by atoms with Gasteiger partial charge in [-0.1, -0.05) is 12.1 Å². The van der Waals surface area contributed by atoms with Crippen molar-refractivity contribution in [2.75, 3.05) is 5.32 Å². The van der Waals surface area contributed by atoms with Gasteiger partial charge >= 0.3 is 0 Å². The van der Waals surface area contributed by atoms with Crippen molar-refractivity contribution in [3.63, 3.8) is 0 Å². The van der Waals surface area contributed by atoms with E-state index < -0.39 is 0 Å². The minimum atomic E-state index is 0.742. The third kappa shape index (κ3) is 2.77. The molecule has 0 aliphatic carbocycles. The maximum absolute atomic E-state index is 4.28. The lowest BCUT2D eigenvalue weighted by atomic mass is 10.2. The zero-order valence-corrected chi connectivity index (χ0v) is 11.2. The van der Waals surface area contributed by atoms with E-state index in [1.165, 1.54) is 5.56 Å². The number of hydrogen-bond acceptors (Lipinski definition) is 2. The van der Waals surface area contributed by atoms with E-state index in [9.17, 15) is 0 Å². The highest BCUT2D eigenvalue weighted by atomic mass is 79.9. The van der Waals surface area contributed by atoms with Crippen LogP contribution in [0.1, 0.15) is 5.56 Å². The van der Waals surface area contributed by atoms with Gasteiger partial charge in [-0.2, -0.15) is 0 Å². The lowest BCUT2D eigenvalue weighted by Crippen LogP contribution is -2.02. The summed E-state index contributed by atoms with van der Waals surface area (Å²) < 4.78 is 3.03. The Morgan fingerprint density at radius 2 is 2.35 bits per heavy atom. The number of aromatic nitrogens is 2. The molecule has 0 amide bonds. The van der Waals surface area contributed by atoms with Crippen LogP contribution < -0.4 is 5.32 Å². The average molecular weight is 292 g/mol. The molecule has 88 valence electrons. The lowest BCUT2D eigenvalue weighted by Gasteiger charge is -2.10. The number of nitrogens with zero attached hydrogens (tertiary/aromatic N) is 2. The van der Waals surface area contributed by atoms with E-state index in [1.54, 1.807) is 6.20 Å². The van der Waals surface area contributed by atoms with E-state index in [-0.39, 0.29) is 0 Å². The Morgan fingerprint density at radius 1 is 1.53 bits per heavy atom. The van der Waals surface area contributed by atoms with E-state index in [4.69, 9.17) is 0 Å². The Balaban J connectivity index is 2.27. The van der Waals surface area contributed by atoms with Crippen LogP contribution in [0.4, 0.5) is 11.6 Å². The highest BCUT2D eigenvalue weighted by molar-refractivity contribution is 9.10. The SMILES string of the molecule is C=CCn1ccnc1Nc1cc(C)ccc1Br. The molecule has 0 bridgehead atoms. The van der Waals surface area contributed by atoms with Crippen LogP contribution in [0, 0.1) is 6.92 Å². The fourth-order valence-corrected chi connectivity index (χ4v) is 1.92. The molecule has 1 N–H and O–H groups in total. The second kappa shape index (κ2) is 5.19. The Kier molecular flexibility index (Phi) is 3.64. The number of allylic oxidation sites excluding steroid dienone is 1.